The first-order valence-electron chi connectivity index (χ1n) is 12.1. The number of benzene rings is 1. The van der Waals surface area contributed by atoms with Crippen LogP contribution in [0, 0.1) is 0 Å². The van der Waals surface area contributed by atoms with Gasteiger partial charge in [0.05, 0.1) is 6.61 Å². The molecule has 0 aliphatic carbocycles. The largest absolute Gasteiger partial charge is 0.423 e. The molecule has 4 nitrogen and oxygen atoms in total. The Hall–Kier alpha value is -1.81. The van der Waals surface area contributed by atoms with Crippen molar-refractivity contribution in [2.75, 3.05) is 18.0 Å². The molecule has 2 rings (SSSR count). The fourth-order valence-electron chi connectivity index (χ4n) is 4.08. The van der Waals surface area contributed by atoms with E-state index in [0.29, 0.717) is 11.1 Å². The third-order valence-corrected chi connectivity index (χ3v) is 5.91. The van der Waals surface area contributed by atoms with Gasteiger partial charge in [0, 0.05) is 36.3 Å². The number of nitrogens with zero attached hydrogens (tertiary/aromatic N) is 1. The average Bonchev–Trinajstić information content (AvgIpc) is 2.75. The van der Waals surface area contributed by atoms with Gasteiger partial charge in [-0.05, 0) is 30.5 Å². The minimum absolute atomic E-state index is 0.152. The molecule has 30 heavy (non-hydrogen) atoms. The number of aliphatic hydroxyl groups excluding tert-OH is 1. The molecule has 0 unspecified atom stereocenters. The molecule has 0 bridgehead atoms. The number of anilines is 1. The van der Waals surface area contributed by atoms with E-state index < -0.39 is 5.63 Å². The second-order valence-electron chi connectivity index (χ2n) is 8.45. The Morgan fingerprint density at radius 3 is 1.93 bits per heavy atom. The molecule has 1 aromatic carbocycles. The van der Waals surface area contributed by atoms with Crippen molar-refractivity contribution < 1.29 is 9.52 Å². The van der Waals surface area contributed by atoms with Gasteiger partial charge >= 0.3 is 5.63 Å². The molecule has 1 heterocycles. The number of rotatable bonds is 16. The molecule has 0 spiro atoms. The van der Waals surface area contributed by atoms with Gasteiger partial charge in [-0.1, -0.05) is 78.1 Å². The molecule has 0 amide bonds. The molecule has 1 N–H and O–H groups in total. The Labute approximate surface area is 182 Å². The van der Waals surface area contributed by atoms with Crippen molar-refractivity contribution in [2.24, 2.45) is 0 Å². The van der Waals surface area contributed by atoms with E-state index in [4.69, 9.17) is 4.42 Å². The second-order valence-corrected chi connectivity index (χ2v) is 8.45. The molecule has 0 radical (unpaired) electrons. The monoisotopic (exact) mass is 415 g/mol. The Kier molecular flexibility index (Phi) is 11.6. The summed E-state index contributed by atoms with van der Waals surface area (Å²) in [6.45, 7) is 6.43. The van der Waals surface area contributed by atoms with Crippen molar-refractivity contribution in [2.45, 2.75) is 97.5 Å². The van der Waals surface area contributed by atoms with Gasteiger partial charge in [0.15, 0.2) is 0 Å². The minimum atomic E-state index is -0.401. The van der Waals surface area contributed by atoms with E-state index in [1.54, 1.807) is 0 Å². The van der Waals surface area contributed by atoms with E-state index in [-0.39, 0.29) is 6.61 Å². The van der Waals surface area contributed by atoms with Crippen LogP contribution in [0.4, 0.5) is 5.69 Å². The smallest absolute Gasteiger partial charge is 0.336 e. The van der Waals surface area contributed by atoms with Crippen LogP contribution in [0.15, 0.2) is 33.5 Å². The van der Waals surface area contributed by atoms with E-state index in [9.17, 15) is 9.90 Å². The van der Waals surface area contributed by atoms with Crippen molar-refractivity contribution in [1.82, 2.24) is 0 Å². The first-order chi connectivity index (χ1) is 14.7. The summed E-state index contributed by atoms with van der Waals surface area (Å²) >= 11 is 0. The molecular weight excluding hydrogens is 374 g/mol. The van der Waals surface area contributed by atoms with Gasteiger partial charge in [-0.25, -0.2) is 4.79 Å². The Morgan fingerprint density at radius 1 is 0.800 bits per heavy atom. The fourth-order valence-corrected chi connectivity index (χ4v) is 4.08. The zero-order valence-corrected chi connectivity index (χ0v) is 19.1. The van der Waals surface area contributed by atoms with Gasteiger partial charge in [0.2, 0.25) is 0 Å². The van der Waals surface area contributed by atoms with E-state index in [1.165, 1.54) is 83.1 Å². The summed E-state index contributed by atoms with van der Waals surface area (Å²) in [5, 5.41) is 10.4. The van der Waals surface area contributed by atoms with Crippen LogP contribution in [0.3, 0.4) is 0 Å². The number of fused-ring (bicyclic) bond motifs is 1. The number of hydrogen-bond acceptors (Lipinski definition) is 4. The zero-order valence-electron chi connectivity index (χ0n) is 19.1. The van der Waals surface area contributed by atoms with Crippen molar-refractivity contribution in [3.63, 3.8) is 0 Å². The van der Waals surface area contributed by atoms with Crippen LogP contribution in [0.1, 0.15) is 96.5 Å². The van der Waals surface area contributed by atoms with E-state index >= 15 is 0 Å². The van der Waals surface area contributed by atoms with Crippen LogP contribution < -0.4 is 10.5 Å². The van der Waals surface area contributed by atoms with Crippen LogP contribution >= 0.6 is 0 Å². The maximum absolute atomic E-state index is 11.8. The molecule has 0 saturated carbocycles. The van der Waals surface area contributed by atoms with Gasteiger partial charge in [-0.15, -0.1) is 0 Å². The van der Waals surface area contributed by atoms with Gasteiger partial charge in [-0.2, -0.15) is 0 Å². The highest BCUT2D eigenvalue weighted by atomic mass is 16.4. The van der Waals surface area contributed by atoms with Gasteiger partial charge in [0.25, 0.3) is 0 Å². The molecule has 2 aromatic rings. The fraction of sp³-hybridized carbons (Fsp3) is 0.654. The van der Waals surface area contributed by atoms with Gasteiger partial charge in [-0.3, -0.25) is 0 Å². The Bertz CT molecular complexity index is 767. The third kappa shape index (κ3) is 8.14. The van der Waals surface area contributed by atoms with Gasteiger partial charge < -0.3 is 14.4 Å². The van der Waals surface area contributed by atoms with Crippen molar-refractivity contribution in [3.8, 4) is 0 Å². The molecule has 0 fully saturated rings. The molecule has 1 aromatic heterocycles. The van der Waals surface area contributed by atoms with Crippen LogP contribution in [0.2, 0.25) is 0 Å². The number of unbranched alkanes of at least 4 members (excludes halogenated alkanes) is 10. The van der Waals surface area contributed by atoms with E-state index in [0.717, 1.165) is 24.2 Å². The highest BCUT2D eigenvalue weighted by Crippen LogP contribution is 2.25. The minimum Gasteiger partial charge on any atom is -0.423 e. The predicted octanol–water partition coefficient (Wildman–Crippen LogP) is 6.81. The molecule has 0 saturated heterocycles. The Balaban J connectivity index is 2.04. The summed E-state index contributed by atoms with van der Waals surface area (Å²) in [5.41, 5.74) is 1.91. The lowest BCUT2D eigenvalue weighted by molar-refractivity contribution is 0.282. The topological polar surface area (TPSA) is 53.7 Å². The lowest BCUT2D eigenvalue weighted by Crippen LogP contribution is -2.25. The summed E-state index contributed by atoms with van der Waals surface area (Å²) in [7, 11) is 0. The summed E-state index contributed by atoms with van der Waals surface area (Å²) in [6.07, 6.45) is 15.4. The lowest BCUT2D eigenvalue weighted by atomic mass is 10.1. The summed E-state index contributed by atoms with van der Waals surface area (Å²) in [5.74, 6) is 0. The molecular formula is C26H41NO3. The molecule has 168 valence electrons. The first-order valence-corrected chi connectivity index (χ1v) is 12.1. The zero-order chi connectivity index (χ0) is 21.6. The molecule has 4 heteroatoms. The standard InChI is InChI=1S/C26H41NO3/c1-3-5-7-9-11-13-17-27(18-14-12-10-8-6-4-2)23-15-16-24-22(21-28)19-26(29)30-25(24)20-23/h15-16,19-20,28H,3-14,17-18,21H2,1-2H3. The highest BCUT2D eigenvalue weighted by Gasteiger charge is 2.11. The summed E-state index contributed by atoms with van der Waals surface area (Å²) in [6, 6.07) is 7.45. The van der Waals surface area contributed by atoms with Crippen molar-refractivity contribution in [3.05, 3.63) is 40.2 Å². The van der Waals surface area contributed by atoms with Crippen molar-refractivity contribution >= 4 is 16.7 Å². The lowest BCUT2D eigenvalue weighted by Gasteiger charge is -2.25. The maximum Gasteiger partial charge on any atom is 0.336 e. The highest BCUT2D eigenvalue weighted by molar-refractivity contribution is 5.83. The SMILES string of the molecule is CCCCCCCCN(CCCCCCCC)c1ccc2c(CO)cc(=O)oc2c1. The Morgan fingerprint density at radius 2 is 1.37 bits per heavy atom. The summed E-state index contributed by atoms with van der Waals surface area (Å²) in [4.78, 5) is 14.3. The molecule has 0 atom stereocenters. The van der Waals surface area contributed by atoms with E-state index in [1.807, 2.05) is 12.1 Å². The normalized spacial score (nSPS) is 11.3. The van der Waals surface area contributed by atoms with Crippen molar-refractivity contribution in [1.29, 1.82) is 0 Å². The summed E-state index contributed by atoms with van der Waals surface area (Å²) < 4.78 is 5.44. The predicted molar refractivity (Wildman–Crippen MR) is 127 cm³/mol. The number of hydrogen-bond donors (Lipinski definition) is 1. The quantitative estimate of drug-likeness (QED) is 0.242. The van der Waals surface area contributed by atoms with Crippen LogP contribution in [-0.4, -0.2) is 18.2 Å². The van der Waals surface area contributed by atoms with Gasteiger partial charge in [0.1, 0.15) is 5.58 Å². The average molecular weight is 416 g/mol. The van der Waals surface area contributed by atoms with Crippen LogP contribution in [-0.2, 0) is 6.61 Å². The third-order valence-electron chi connectivity index (χ3n) is 5.91. The second kappa shape index (κ2) is 14.2. The van der Waals surface area contributed by atoms with E-state index in [2.05, 4.69) is 24.8 Å². The first kappa shape index (κ1) is 24.5. The van der Waals surface area contributed by atoms with Crippen LogP contribution in [0.5, 0.6) is 0 Å². The number of aliphatic hydroxyl groups is 1. The molecule has 0 aliphatic heterocycles. The van der Waals surface area contributed by atoms with Crippen LogP contribution in [0.25, 0.3) is 11.0 Å². The molecule has 0 aliphatic rings. The maximum atomic E-state index is 11.8.